The Labute approximate surface area is 221 Å². The molecule has 2 heterocycles. The molecule has 1 aromatic rings. The van der Waals surface area contributed by atoms with Gasteiger partial charge >= 0.3 is 0 Å². The summed E-state index contributed by atoms with van der Waals surface area (Å²) >= 11 is 0. The molecular formula is C28H42ClN3O4. The third-order valence-corrected chi connectivity index (χ3v) is 8.34. The van der Waals surface area contributed by atoms with Crippen molar-refractivity contribution in [2.45, 2.75) is 64.2 Å². The highest BCUT2D eigenvalue weighted by molar-refractivity contribution is 5.97. The Hall–Kier alpha value is -1.99. The van der Waals surface area contributed by atoms with E-state index < -0.39 is 0 Å². The lowest BCUT2D eigenvalue weighted by atomic mass is 9.86. The predicted octanol–water partition coefficient (Wildman–Crippen LogP) is 4.52. The maximum absolute atomic E-state index is 13.5. The number of imide groups is 1. The molecule has 0 spiro atoms. The van der Waals surface area contributed by atoms with E-state index in [0.29, 0.717) is 19.8 Å². The number of hydrogen-bond acceptors (Lipinski definition) is 6. The summed E-state index contributed by atoms with van der Waals surface area (Å²) in [6, 6.07) is 6.10. The molecule has 4 aliphatic rings. The van der Waals surface area contributed by atoms with Gasteiger partial charge in [-0.3, -0.25) is 19.4 Å². The zero-order chi connectivity index (χ0) is 24.0. The molecule has 2 aliphatic carbocycles. The average molecular weight is 520 g/mol. The van der Waals surface area contributed by atoms with Crippen LogP contribution >= 0.6 is 12.4 Å². The smallest absolute Gasteiger partial charge is 0.232 e. The van der Waals surface area contributed by atoms with Crippen molar-refractivity contribution in [1.82, 2.24) is 9.80 Å². The number of ether oxygens (including phenoxy) is 2. The molecule has 3 fully saturated rings. The lowest BCUT2D eigenvalue weighted by Crippen LogP contribution is -2.51. The van der Waals surface area contributed by atoms with Crippen LogP contribution in [0.2, 0.25) is 0 Å². The molecule has 0 N–H and O–H groups in total. The minimum atomic E-state index is 0. The molecule has 1 aromatic carbocycles. The summed E-state index contributed by atoms with van der Waals surface area (Å²) in [5.41, 5.74) is 1.10. The van der Waals surface area contributed by atoms with Crippen molar-refractivity contribution >= 4 is 29.9 Å². The van der Waals surface area contributed by atoms with E-state index in [1.165, 1.54) is 12.8 Å². The van der Waals surface area contributed by atoms with Crippen LogP contribution in [-0.4, -0.2) is 74.1 Å². The fourth-order valence-electron chi connectivity index (χ4n) is 6.23. The average Bonchev–Trinajstić information content (AvgIpc) is 2.94. The molecule has 1 saturated heterocycles. The molecule has 5 rings (SSSR count). The fourth-order valence-corrected chi connectivity index (χ4v) is 6.23. The van der Waals surface area contributed by atoms with Crippen LogP contribution in [-0.2, 0) is 9.59 Å². The largest absolute Gasteiger partial charge is 0.486 e. The van der Waals surface area contributed by atoms with E-state index in [4.69, 9.17) is 9.47 Å². The van der Waals surface area contributed by atoms with Gasteiger partial charge in [-0.15, -0.1) is 12.4 Å². The van der Waals surface area contributed by atoms with Crippen LogP contribution in [0.15, 0.2) is 18.2 Å². The van der Waals surface area contributed by atoms with Gasteiger partial charge in [-0.25, -0.2) is 0 Å². The number of piperazine rings is 1. The number of rotatable bonds is 6. The summed E-state index contributed by atoms with van der Waals surface area (Å²) < 4.78 is 11.7. The Bertz CT molecular complexity index is 848. The number of amides is 2. The maximum atomic E-state index is 13.5. The number of anilines is 1. The number of carbonyl (C=O) groups is 2. The topological polar surface area (TPSA) is 62.3 Å². The summed E-state index contributed by atoms with van der Waals surface area (Å²) in [5, 5.41) is 0. The van der Waals surface area contributed by atoms with Crippen molar-refractivity contribution in [2.75, 3.05) is 57.4 Å². The van der Waals surface area contributed by atoms with Gasteiger partial charge in [0, 0.05) is 51.1 Å². The van der Waals surface area contributed by atoms with Crippen LogP contribution < -0.4 is 14.4 Å². The second-order valence-electron chi connectivity index (χ2n) is 10.6. The fraction of sp³-hybridized carbons (Fsp3) is 0.714. The van der Waals surface area contributed by atoms with Crippen LogP contribution in [0.1, 0.15) is 64.2 Å². The van der Waals surface area contributed by atoms with Gasteiger partial charge in [0.25, 0.3) is 0 Å². The first kappa shape index (κ1) is 27.1. The number of halogens is 1. The van der Waals surface area contributed by atoms with E-state index in [0.717, 1.165) is 101 Å². The SMILES string of the molecule is Cl.O=C(C1CCCCC1)N(CCN1CCN(c2cccc3c2OCCO3)CC1)C(=O)C1CCCCC1. The lowest BCUT2D eigenvalue weighted by molar-refractivity contribution is -0.151. The Morgan fingerprint density at radius 2 is 1.39 bits per heavy atom. The molecule has 36 heavy (non-hydrogen) atoms. The van der Waals surface area contributed by atoms with Gasteiger partial charge in [0.2, 0.25) is 11.8 Å². The van der Waals surface area contributed by atoms with Crippen molar-refractivity contribution < 1.29 is 19.1 Å². The Morgan fingerprint density at radius 1 is 0.806 bits per heavy atom. The highest BCUT2D eigenvalue weighted by atomic mass is 35.5. The Kier molecular flexibility index (Phi) is 9.77. The van der Waals surface area contributed by atoms with Gasteiger partial charge in [0.15, 0.2) is 11.5 Å². The summed E-state index contributed by atoms with van der Waals surface area (Å²) in [7, 11) is 0. The van der Waals surface area contributed by atoms with Gasteiger partial charge in [-0.2, -0.15) is 0 Å². The Morgan fingerprint density at radius 3 is 2.00 bits per heavy atom. The Balaban J connectivity index is 0.00000304. The standard InChI is InChI=1S/C28H41N3O4.ClH/c32-27(22-8-3-1-4-9-22)31(28(33)23-10-5-2-6-11-23)19-16-29-14-17-30(18-15-29)24-12-7-13-25-26(24)35-21-20-34-25;/h7,12-13,22-23H,1-6,8-11,14-21H2;1H. The second kappa shape index (κ2) is 13.0. The van der Waals surface area contributed by atoms with E-state index in [1.54, 1.807) is 4.90 Å². The quantitative estimate of drug-likeness (QED) is 0.515. The minimum Gasteiger partial charge on any atom is -0.486 e. The first-order valence-corrected chi connectivity index (χ1v) is 13.9. The zero-order valence-electron chi connectivity index (χ0n) is 21.5. The molecule has 0 unspecified atom stereocenters. The number of benzene rings is 1. The highest BCUT2D eigenvalue weighted by Crippen LogP contribution is 2.39. The predicted molar refractivity (Wildman–Crippen MR) is 143 cm³/mol. The molecule has 0 atom stereocenters. The van der Waals surface area contributed by atoms with Crippen molar-refractivity contribution in [3.8, 4) is 11.5 Å². The first-order chi connectivity index (χ1) is 17.2. The number of para-hydroxylation sites is 1. The third kappa shape index (κ3) is 6.28. The van der Waals surface area contributed by atoms with Gasteiger partial charge in [-0.05, 0) is 37.8 Å². The summed E-state index contributed by atoms with van der Waals surface area (Å²) in [6.07, 6.45) is 10.7. The minimum absolute atomic E-state index is 0. The van der Waals surface area contributed by atoms with Gasteiger partial charge in [0.05, 0.1) is 5.69 Å². The van der Waals surface area contributed by atoms with Crippen molar-refractivity contribution in [1.29, 1.82) is 0 Å². The summed E-state index contributed by atoms with van der Waals surface area (Å²) in [4.78, 5) is 33.4. The van der Waals surface area contributed by atoms with Gasteiger partial charge in [-0.1, -0.05) is 44.6 Å². The zero-order valence-corrected chi connectivity index (χ0v) is 22.3. The van der Waals surface area contributed by atoms with Crippen LogP contribution in [0.5, 0.6) is 11.5 Å². The van der Waals surface area contributed by atoms with Crippen molar-refractivity contribution in [2.24, 2.45) is 11.8 Å². The first-order valence-electron chi connectivity index (χ1n) is 13.9. The van der Waals surface area contributed by atoms with Gasteiger partial charge < -0.3 is 14.4 Å². The van der Waals surface area contributed by atoms with E-state index in [-0.39, 0.29) is 36.1 Å². The molecule has 200 valence electrons. The highest BCUT2D eigenvalue weighted by Gasteiger charge is 2.34. The van der Waals surface area contributed by atoms with Crippen LogP contribution in [0.4, 0.5) is 5.69 Å². The molecule has 2 amide bonds. The van der Waals surface area contributed by atoms with E-state index >= 15 is 0 Å². The van der Waals surface area contributed by atoms with Crippen LogP contribution in [0.3, 0.4) is 0 Å². The second-order valence-corrected chi connectivity index (χ2v) is 10.6. The molecular weight excluding hydrogens is 478 g/mol. The molecule has 2 aliphatic heterocycles. The molecule has 7 nitrogen and oxygen atoms in total. The lowest BCUT2D eigenvalue weighted by Gasteiger charge is -2.38. The monoisotopic (exact) mass is 519 g/mol. The molecule has 0 radical (unpaired) electrons. The third-order valence-electron chi connectivity index (χ3n) is 8.34. The number of carbonyl (C=O) groups excluding carboxylic acids is 2. The summed E-state index contributed by atoms with van der Waals surface area (Å²) in [5.74, 6) is 1.97. The molecule has 8 heteroatoms. The normalized spacial score (nSPS) is 21.5. The van der Waals surface area contributed by atoms with E-state index in [2.05, 4.69) is 15.9 Å². The van der Waals surface area contributed by atoms with Gasteiger partial charge in [0.1, 0.15) is 13.2 Å². The number of hydrogen-bond donors (Lipinski definition) is 0. The van der Waals surface area contributed by atoms with E-state index in [1.807, 2.05) is 12.1 Å². The molecule has 0 bridgehead atoms. The summed E-state index contributed by atoms with van der Waals surface area (Å²) in [6.45, 7) is 6.09. The number of fused-ring (bicyclic) bond motifs is 1. The molecule has 2 saturated carbocycles. The maximum Gasteiger partial charge on any atom is 0.232 e. The van der Waals surface area contributed by atoms with Crippen molar-refractivity contribution in [3.63, 3.8) is 0 Å². The van der Waals surface area contributed by atoms with E-state index in [9.17, 15) is 9.59 Å². The molecule has 0 aromatic heterocycles. The van der Waals surface area contributed by atoms with Crippen LogP contribution in [0.25, 0.3) is 0 Å². The number of nitrogens with zero attached hydrogens (tertiary/aromatic N) is 3. The van der Waals surface area contributed by atoms with Crippen LogP contribution in [0, 0.1) is 11.8 Å². The van der Waals surface area contributed by atoms with Crippen molar-refractivity contribution in [3.05, 3.63) is 18.2 Å².